The predicted molar refractivity (Wildman–Crippen MR) is 85.8 cm³/mol. The molecule has 3 N–H and O–H groups in total. The molecule has 0 saturated carbocycles. The number of hydrogen-bond donors (Lipinski definition) is 3. The first-order valence-corrected chi connectivity index (χ1v) is 6.88. The summed E-state index contributed by atoms with van der Waals surface area (Å²) in [5, 5.41) is 34.9. The molecule has 0 spiro atoms. The van der Waals surface area contributed by atoms with E-state index in [0.29, 0.717) is 10.6 Å². The van der Waals surface area contributed by atoms with E-state index in [-0.39, 0.29) is 22.6 Å². The summed E-state index contributed by atoms with van der Waals surface area (Å²) >= 11 is 0. The summed E-state index contributed by atoms with van der Waals surface area (Å²) in [4.78, 5) is 34.1. The van der Waals surface area contributed by atoms with Crippen molar-refractivity contribution >= 4 is 29.3 Å². The molecule has 0 saturated heterocycles. The molecule has 0 radical (unpaired) electrons. The molecular formula is C16H13N3O6. The largest absolute Gasteiger partial charge is 0.507 e. The lowest BCUT2D eigenvalue weighted by Gasteiger charge is -2.10. The van der Waals surface area contributed by atoms with Gasteiger partial charge in [-0.05, 0) is 42.5 Å². The highest BCUT2D eigenvalue weighted by molar-refractivity contribution is 6.02. The summed E-state index contributed by atoms with van der Waals surface area (Å²) < 4.78 is 0. The number of carboxylic acids is 1. The fourth-order valence-corrected chi connectivity index (χ4v) is 1.82. The van der Waals surface area contributed by atoms with E-state index >= 15 is 0 Å². The van der Waals surface area contributed by atoms with Crippen molar-refractivity contribution in [3.63, 3.8) is 0 Å². The van der Waals surface area contributed by atoms with Crippen molar-refractivity contribution in [2.45, 2.75) is 0 Å². The molecule has 0 aliphatic heterocycles. The van der Waals surface area contributed by atoms with Crippen LogP contribution in [-0.2, 0) is 0 Å². The summed E-state index contributed by atoms with van der Waals surface area (Å²) in [5.74, 6) is -2.35. The molecule has 9 nitrogen and oxygen atoms in total. The van der Waals surface area contributed by atoms with Crippen LogP contribution in [0.2, 0.25) is 0 Å². The maximum absolute atomic E-state index is 11.8. The first kappa shape index (κ1) is 17.6. The highest BCUT2D eigenvalue weighted by Gasteiger charge is 2.17. The Hall–Kier alpha value is -3.75. The van der Waals surface area contributed by atoms with Crippen molar-refractivity contribution in [3.05, 3.63) is 53.6 Å². The molecule has 0 heterocycles. The number of hydrogen-bond acceptors (Lipinski definition) is 6. The molecule has 25 heavy (non-hydrogen) atoms. The number of nitrogens with zero attached hydrogens (tertiary/aromatic N) is 3. The van der Waals surface area contributed by atoms with Gasteiger partial charge in [-0.15, -0.1) is 0 Å². The van der Waals surface area contributed by atoms with Gasteiger partial charge in [-0.3, -0.25) is 4.79 Å². The highest BCUT2D eigenvalue weighted by atomic mass is 16.4. The molecular weight excluding hydrogens is 330 g/mol. The van der Waals surface area contributed by atoms with Crippen molar-refractivity contribution < 1.29 is 29.7 Å². The first-order valence-electron chi connectivity index (χ1n) is 6.88. The zero-order valence-corrected chi connectivity index (χ0v) is 12.9. The van der Waals surface area contributed by atoms with Gasteiger partial charge in [-0.2, -0.15) is 10.2 Å². The molecule has 9 heteroatoms. The second-order valence-corrected chi connectivity index (χ2v) is 4.90. The number of azo groups is 1. The standard InChI is InChI=1S/C16H13N3O6/c1-19(16(24)25)14(21)9-2-4-10(5-3-9)17-18-11-6-7-13(20)12(8-11)15(22)23/h2-8,20H,1H3,(H,22,23)(H,24,25). The molecule has 2 aromatic rings. The quantitative estimate of drug-likeness (QED) is 0.728. The van der Waals surface area contributed by atoms with E-state index < -0.39 is 18.0 Å². The normalized spacial score (nSPS) is 10.6. The maximum Gasteiger partial charge on any atom is 0.414 e. The van der Waals surface area contributed by atoms with Crippen LogP contribution < -0.4 is 0 Å². The Morgan fingerprint density at radius 3 is 2.04 bits per heavy atom. The summed E-state index contributed by atoms with van der Waals surface area (Å²) in [7, 11) is 1.14. The Balaban J connectivity index is 2.17. The van der Waals surface area contributed by atoms with Gasteiger partial charge >= 0.3 is 12.1 Å². The van der Waals surface area contributed by atoms with Gasteiger partial charge in [0, 0.05) is 12.6 Å². The van der Waals surface area contributed by atoms with Gasteiger partial charge in [0.15, 0.2) is 0 Å². The van der Waals surface area contributed by atoms with Crippen LogP contribution in [0.1, 0.15) is 20.7 Å². The van der Waals surface area contributed by atoms with Crippen LogP contribution in [0.4, 0.5) is 16.2 Å². The van der Waals surface area contributed by atoms with Gasteiger partial charge in [-0.25, -0.2) is 14.5 Å². The van der Waals surface area contributed by atoms with Gasteiger partial charge in [-0.1, -0.05) is 0 Å². The van der Waals surface area contributed by atoms with Crippen molar-refractivity contribution in [2.75, 3.05) is 7.05 Å². The number of carbonyl (C=O) groups excluding carboxylic acids is 1. The van der Waals surface area contributed by atoms with Gasteiger partial charge in [0.1, 0.15) is 11.3 Å². The van der Waals surface area contributed by atoms with Crippen molar-refractivity contribution in [1.29, 1.82) is 0 Å². The van der Waals surface area contributed by atoms with Gasteiger partial charge in [0.25, 0.3) is 5.91 Å². The lowest BCUT2D eigenvalue weighted by atomic mass is 10.2. The lowest BCUT2D eigenvalue weighted by molar-refractivity contribution is 0.0692. The number of carboxylic acid groups (broad SMARTS) is 2. The molecule has 0 bridgehead atoms. The number of phenols is 1. The number of rotatable bonds is 4. The van der Waals surface area contributed by atoms with E-state index in [9.17, 15) is 19.5 Å². The van der Waals surface area contributed by atoms with E-state index in [1.165, 1.54) is 42.5 Å². The molecule has 0 unspecified atom stereocenters. The van der Waals surface area contributed by atoms with E-state index in [2.05, 4.69) is 10.2 Å². The van der Waals surface area contributed by atoms with Crippen LogP contribution in [0.15, 0.2) is 52.7 Å². The highest BCUT2D eigenvalue weighted by Crippen LogP contribution is 2.25. The monoisotopic (exact) mass is 343 g/mol. The van der Waals surface area contributed by atoms with Crippen LogP contribution in [-0.4, -0.2) is 45.2 Å². The third-order valence-electron chi connectivity index (χ3n) is 3.20. The van der Waals surface area contributed by atoms with Crippen LogP contribution >= 0.6 is 0 Å². The molecule has 0 aliphatic carbocycles. The molecule has 0 aromatic heterocycles. The predicted octanol–water partition coefficient (Wildman–Crippen LogP) is 3.26. The molecule has 0 fully saturated rings. The lowest BCUT2D eigenvalue weighted by Crippen LogP contribution is -2.31. The van der Waals surface area contributed by atoms with Gasteiger partial charge < -0.3 is 15.3 Å². The number of benzene rings is 2. The third-order valence-corrected chi connectivity index (χ3v) is 3.20. The molecule has 0 atom stereocenters. The van der Waals surface area contributed by atoms with E-state index in [4.69, 9.17) is 10.2 Å². The minimum atomic E-state index is -1.37. The third kappa shape index (κ3) is 4.16. The van der Waals surface area contributed by atoms with Crippen molar-refractivity contribution in [2.24, 2.45) is 10.2 Å². The Morgan fingerprint density at radius 1 is 0.920 bits per heavy atom. The summed E-state index contributed by atoms with van der Waals surface area (Å²) in [6.45, 7) is 0. The number of amides is 2. The molecule has 2 aromatic carbocycles. The van der Waals surface area contributed by atoms with Crippen LogP contribution in [0.25, 0.3) is 0 Å². The van der Waals surface area contributed by atoms with Crippen molar-refractivity contribution in [1.82, 2.24) is 4.90 Å². The number of carbonyl (C=O) groups is 3. The van der Waals surface area contributed by atoms with E-state index in [0.717, 1.165) is 7.05 Å². The zero-order valence-electron chi connectivity index (χ0n) is 12.9. The molecule has 0 aliphatic rings. The van der Waals surface area contributed by atoms with E-state index in [1.54, 1.807) is 0 Å². The SMILES string of the molecule is CN(C(=O)O)C(=O)c1ccc(N=Nc2ccc(O)c(C(=O)O)c2)cc1. The topological polar surface area (TPSA) is 140 Å². The molecule has 2 amide bonds. The average molecular weight is 343 g/mol. The minimum Gasteiger partial charge on any atom is -0.507 e. The maximum atomic E-state index is 11.8. The molecule has 2 rings (SSSR count). The Bertz CT molecular complexity index is 861. The second-order valence-electron chi connectivity index (χ2n) is 4.90. The van der Waals surface area contributed by atoms with Crippen LogP contribution in [0.3, 0.4) is 0 Å². The first-order chi connectivity index (χ1) is 11.8. The zero-order chi connectivity index (χ0) is 18.6. The molecule has 128 valence electrons. The van der Waals surface area contributed by atoms with Crippen molar-refractivity contribution in [3.8, 4) is 5.75 Å². The summed E-state index contributed by atoms with van der Waals surface area (Å²) in [5.41, 5.74) is 0.469. The fourth-order valence-electron chi connectivity index (χ4n) is 1.82. The number of aromatic hydroxyl groups is 1. The number of aromatic carboxylic acids is 1. The van der Waals surface area contributed by atoms with Crippen LogP contribution in [0.5, 0.6) is 5.75 Å². The van der Waals surface area contributed by atoms with E-state index in [1.807, 2.05) is 0 Å². The van der Waals surface area contributed by atoms with Gasteiger partial charge in [0.05, 0.1) is 11.4 Å². The average Bonchev–Trinajstić information content (AvgIpc) is 2.59. The van der Waals surface area contributed by atoms with Gasteiger partial charge in [0.2, 0.25) is 0 Å². The Morgan fingerprint density at radius 2 is 1.48 bits per heavy atom. The fraction of sp³-hybridized carbons (Fsp3) is 0.0625. The number of imide groups is 1. The second kappa shape index (κ2) is 7.21. The Kier molecular flexibility index (Phi) is 5.08. The smallest absolute Gasteiger partial charge is 0.414 e. The van der Waals surface area contributed by atoms with Crippen LogP contribution in [0, 0.1) is 0 Å². The Labute approximate surface area is 141 Å². The summed E-state index contributed by atoms with van der Waals surface area (Å²) in [6, 6.07) is 9.48. The minimum absolute atomic E-state index is 0.168. The summed E-state index contributed by atoms with van der Waals surface area (Å²) in [6.07, 6.45) is -1.37.